The van der Waals surface area contributed by atoms with Crippen LogP contribution in [0.5, 0.6) is 0 Å². The molecule has 68 valence electrons. The van der Waals surface area contributed by atoms with Crippen LogP contribution in [0.15, 0.2) is 0 Å². The third kappa shape index (κ3) is 6.21. The number of aliphatic hydroxyl groups excluding tert-OH is 2. The monoisotopic (exact) mass is 164 g/mol. The molecule has 0 fully saturated rings. The van der Waals surface area contributed by atoms with Crippen LogP contribution >= 0.6 is 0 Å². The SMILES string of the molecule is COC[C@@H](O)C[C@@H](O)CNN. The predicted molar refractivity (Wildman–Crippen MR) is 40.7 cm³/mol. The van der Waals surface area contributed by atoms with Crippen molar-refractivity contribution in [1.29, 1.82) is 0 Å². The van der Waals surface area contributed by atoms with E-state index in [4.69, 9.17) is 16.1 Å². The van der Waals surface area contributed by atoms with E-state index in [1.54, 1.807) is 0 Å². The van der Waals surface area contributed by atoms with Crippen molar-refractivity contribution in [3.05, 3.63) is 0 Å². The van der Waals surface area contributed by atoms with E-state index in [1.165, 1.54) is 7.11 Å². The summed E-state index contributed by atoms with van der Waals surface area (Å²) in [6.07, 6.45) is -0.966. The average Bonchev–Trinajstić information content (AvgIpc) is 1.87. The average molecular weight is 164 g/mol. The van der Waals surface area contributed by atoms with E-state index in [1.807, 2.05) is 0 Å². The second kappa shape index (κ2) is 6.51. The lowest BCUT2D eigenvalue weighted by molar-refractivity contribution is 0.0250. The Morgan fingerprint density at radius 3 is 2.55 bits per heavy atom. The Labute approximate surface area is 66.1 Å². The number of nitrogens with one attached hydrogen (secondary N) is 1. The highest BCUT2D eigenvalue weighted by molar-refractivity contribution is 4.63. The largest absolute Gasteiger partial charge is 0.392 e. The summed E-state index contributed by atoms with van der Waals surface area (Å²) in [7, 11) is 1.50. The van der Waals surface area contributed by atoms with E-state index >= 15 is 0 Å². The minimum Gasteiger partial charge on any atom is -0.392 e. The van der Waals surface area contributed by atoms with E-state index in [0.717, 1.165) is 0 Å². The van der Waals surface area contributed by atoms with Crippen molar-refractivity contribution in [2.24, 2.45) is 5.84 Å². The quantitative estimate of drug-likeness (QED) is 0.275. The van der Waals surface area contributed by atoms with E-state index in [0.29, 0.717) is 0 Å². The minimum atomic E-state index is -0.622. The maximum absolute atomic E-state index is 9.09. The van der Waals surface area contributed by atoms with Crippen molar-refractivity contribution < 1.29 is 14.9 Å². The molecule has 0 aromatic rings. The van der Waals surface area contributed by atoms with Gasteiger partial charge in [-0.3, -0.25) is 11.3 Å². The molecule has 0 amide bonds. The number of methoxy groups -OCH3 is 1. The predicted octanol–water partition coefficient (Wildman–Crippen LogP) is -1.79. The van der Waals surface area contributed by atoms with Gasteiger partial charge in [-0.2, -0.15) is 0 Å². The van der Waals surface area contributed by atoms with Gasteiger partial charge in [0.25, 0.3) is 0 Å². The molecular formula is C6H16N2O3. The van der Waals surface area contributed by atoms with E-state index in [9.17, 15) is 0 Å². The van der Waals surface area contributed by atoms with Crippen LogP contribution in [0.25, 0.3) is 0 Å². The Bertz CT molecular complexity index is 81.9. The summed E-state index contributed by atoms with van der Waals surface area (Å²) in [5, 5.41) is 18.2. The number of hydrazine groups is 1. The highest BCUT2D eigenvalue weighted by atomic mass is 16.5. The molecule has 0 saturated carbocycles. The standard InChI is InChI=1S/C6H16N2O3/c1-11-4-6(10)2-5(9)3-8-7/h5-6,8-10H,2-4,7H2,1H3/t5-,6+/m1/s1. The highest BCUT2D eigenvalue weighted by Crippen LogP contribution is 1.96. The Morgan fingerprint density at radius 1 is 1.45 bits per heavy atom. The van der Waals surface area contributed by atoms with Gasteiger partial charge in [-0.05, 0) is 0 Å². The Balaban J connectivity index is 3.32. The van der Waals surface area contributed by atoms with Gasteiger partial charge in [0.1, 0.15) is 0 Å². The first-order valence-electron chi connectivity index (χ1n) is 3.49. The van der Waals surface area contributed by atoms with Crippen LogP contribution < -0.4 is 11.3 Å². The number of ether oxygens (including phenoxy) is 1. The van der Waals surface area contributed by atoms with Gasteiger partial charge in [-0.1, -0.05) is 0 Å². The number of nitrogens with two attached hydrogens (primary N) is 1. The summed E-state index contributed by atoms with van der Waals surface area (Å²) in [6, 6.07) is 0. The van der Waals surface area contributed by atoms with Gasteiger partial charge in [0.15, 0.2) is 0 Å². The lowest BCUT2D eigenvalue weighted by Gasteiger charge is -2.13. The molecule has 5 nitrogen and oxygen atoms in total. The molecule has 5 N–H and O–H groups in total. The Kier molecular flexibility index (Phi) is 6.39. The molecule has 0 heterocycles. The lowest BCUT2D eigenvalue weighted by Crippen LogP contribution is -2.34. The first-order chi connectivity index (χ1) is 5.20. The summed E-state index contributed by atoms with van der Waals surface area (Å²) in [5.74, 6) is 4.96. The fraction of sp³-hybridized carbons (Fsp3) is 1.00. The molecule has 0 saturated heterocycles. The van der Waals surface area contributed by atoms with E-state index in [2.05, 4.69) is 10.2 Å². The van der Waals surface area contributed by atoms with Crippen molar-refractivity contribution in [3.8, 4) is 0 Å². The third-order valence-electron chi connectivity index (χ3n) is 1.26. The van der Waals surface area contributed by atoms with Crippen molar-refractivity contribution in [2.75, 3.05) is 20.3 Å². The summed E-state index contributed by atoms with van der Waals surface area (Å²) >= 11 is 0. The summed E-state index contributed by atoms with van der Waals surface area (Å²) < 4.78 is 4.67. The topological polar surface area (TPSA) is 87.7 Å². The van der Waals surface area contributed by atoms with Gasteiger partial charge in [0, 0.05) is 20.1 Å². The minimum absolute atomic E-state index is 0.238. The van der Waals surface area contributed by atoms with Crippen molar-refractivity contribution in [1.82, 2.24) is 5.43 Å². The highest BCUT2D eigenvalue weighted by Gasteiger charge is 2.10. The fourth-order valence-electron chi connectivity index (χ4n) is 0.794. The molecule has 0 spiro atoms. The fourth-order valence-corrected chi connectivity index (χ4v) is 0.794. The number of hydrogen-bond donors (Lipinski definition) is 4. The van der Waals surface area contributed by atoms with Gasteiger partial charge < -0.3 is 14.9 Å². The number of aliphatic hydroxyl groups is 2. The Morgan fingerprint density at radius 2 is 2.09 bits per heavy atom. The van der Waals surface area contributed by atoms with Crippen LogP contribution in [0.3, 0.4) is 0 Å². The molecular weight excluding hydrogens is 148 g/mol. The molecule has 5 heteroatoms. The molecule has 11 heavy (non-hydrogen) atoms. The van der Waals surface area contributed by atoms with Gasteiger partial charge in [-0.15, -0.1) is 0 Å². The zero-order valence-corrected chi connectivity index (χ0v) is 6.66. The second-order valence-corrected chi connectivity index (χ2v) is 2.41. The van der Waals surface area contributed by atoms with E-state index < -0.39 is 12.2 Å². The first-order valence-corrected chi connectivity index (χ1v) is 3.49. The summed E-state index contributed by atoms with van der Waals surface area (Å²) in [4.78, 5) is 0. The smallest absolute Gasteiger partial charge is 0.0798 e. The molecule has 0 aliphatic rings. The zero-order valence-electron chi connectivity index (χ0n) is 6.66. The third-order valence-corrected chi connectivity index (χ3v) is 1.26. The van der Waals surface area contributed by atoms with Crippen LogP contribution in [-0.2, 0) is 4.74 Å². The van der Waals surface area contributed by atoms with Crippen LogP contribution in [-0.4, -0.2) is 42.7 Å². The normalized spacial score (nSPS) is 16.4. The van der Waals surface area contributed by atoms with Crippen LogP contribution in [0, 0.1) is 0 Å². The maximum atomic E-state index is 9.09. The molecule has 0 unspecified atom stereocenters. The van der Waals surface area contributed by atoms with Crippen molar-refractivity contribution in [3.63, 3.8) is 0 Å². The molecule has 0 aliphatic heterocycles. The van der Waals surface area contributed by atoms with Crippen molar-refractivity contribution >= 4 is 0 Å². The molecule has 0 rings (SSSR count). The van der Waals surface area contributed by atoms with Crippen LogP contribution in [0.1, 0.15) is 6.42 Å². The molecule has 0 aliphatic carbocycles. The number of rotatable bonds is 6. The van der Waals surface area contributed by atoms with Gasteiger partial charge >= 0.3 is 0 Å². The van der Waals surface area contributed by atoms with Crippen molar-refractivity contribution in [2.45, 2.75) is 18.6 Å². The molecule has 0 bridgehead atoms. The first kappa shape index (κ1) is 10.8. The van der Waals surface area contributed by atoms with Crippen LogP contribution in [0.4, 0.5) is 0 Å². The van der Waals surface area contributed by atoms with Gasteiger partial charge in [0.2, 0.25) is 0 Å². The summed E-state index contributed by atoms with van der Waals surface area (Å²) in [5.41, 5.74) is 2.31. The van der Waals surface area contributed by atoms with Gasteiger partial charge in [-0.25, -0.2) is 0 Å². The molecule has 0 aromatic heterocycles. The second-order valence-electron chi connectivity index (χ2n) is 2.41. The molecule has 0 radical (unpaired) electrons. The molecule has 0 aromatic carbocycles. The van der Waals surface area contributed by atoms with Gasteiger partial charge in [0.05, 0.1) is 18.8 Å². The zero-order chi connectivity index (χ0) is 8.69. The maximum Gasteiger partial charge on any atom is 0.0798 e. The van der Waals surface area contributed by atoms with E-state index in [-0.39, 0.29) is 19.6 Å². The van der Waals surface area contributed by atoms with Crippen LogP contribution in [0.2, 0.25) is 0 Å². The lowest BCUT2D eigenvalue weighted by atomic mass is 10.2. The molecule has 2 atom stereocenters. The number of hydrogen-bond acceptors (Lipinski definition) is 5. The Hall–Kier alpha value is -0.200. The summed E-state index contributed by atoms with van der Waals surface area (Å²) in [6.45, 7) is 0.516.